The predicted octanol–water partition coefficient (Wildman–Crippen LogP) is 3.46. The van der Waals surface area contributed by atoms with E-state index in [0.717, 1.165) is 0 Å². The van der Waals surface area contributed by atoms with Crippen LogP contribution in [0.3, 0.4) is 0 Å². The lowest BCUT2D eigenvalue weighted by molar-refractivity contribution is 0.101. The van der Waals surface area contributed by atoms with E-state index in [2.05, 4.69) is 10.4 Å². The fourth-order valence-corrected chi connectivity index (χ4v) is 3.12. The Bertz CT molecular complexity index is 1300. The molecule has 0 atom stereocenters. The number of fused-ring (bicyclic) bond motifs is 1. The van der Waals surface area contributed by atoms with Gasteiger partial charge in [-0.15, -0.1) is 0 Å². The third-order valence-corrected chi connectivity index (χ3v) is 4.65. The van der Waals surface area contributed by atoms with Crippen molar-refractivity contribution in [2.45, 2.75) is 0 Å². The Hall–Kier alpha value is -4.13. The van der Waals surface area contributed by atoms with E-state index < -0.39 is 5.91 Å². The average molecular weight is 401 g/mol. The van der Waals surface area contributed by atoms with Crippen LogP contribution in [-0.4, -0.2) is 29.8 Å². The molecular formula is C23H19N3O4. The van der Waals surface area contributed by atoms with Gasteiger partial charge in [0.2, 0.25) is 0 Å². The Balaban J connectivity index is 1.87. The zero-order valence-corrected chi connectivity index (χ0v) is 16.5. The summed E-state index contributed by atoms with van der Waals surface area (Å²) >= 11 is 0. The van der Waals surface area contributed by atoms with Crippen molar-refractivity contribution in [3.8, 4) is 22.9 Å². The lowest BCUT2D eigenvalue weighted by Crippen LogP contribution is -2.35. The van der Waals surface area contributed by atoms with Crippen molar-refractivity contribution in [2.75, 3.05) is 19.6 Å². The first-order chi connectivity index (χ1) is 14.6. The van der Waals surface area contributed by atoms with Gasteiger partial charge in [0.25, 0.3) is 11.5 Å². The number of aromatic nitrogens is 2. The number of carbonyl (C=O) groups excluding carboxylic acids is 1. The van der Waals surface area contributed by atoms with Crippen molar-refractivity contribution in [1.82, 2.24) is 9.66 Å². The van der Waals surface area contributed by atoms with Gasteiger partial charge in [0, 0.05) is 11.1 Å². The molecule has 0 aliphatic heterocycles. The number of nitrogens with zero attached hydrogens (tertiary/aromatic N) is 2. The maximum Gasteiger partial charge on any atom is 0.280 e. The van der Waals surface area contributed by atoms with Crippen molar-refractivity contribution in [3.05, 3.63) is 88.7 Å². The molecule has 4 rings (SSSR count). The predicted molar refractivity (Wildman–Crippen MR) is 115 cm³/mol. The third kappa shape index (κ3) is 3.60. The van der Waals surface area contributed by atoms with Crippen LogP contribution >= 0.6 is 0 Å². The molecule has 1 aromatic heterocycles. The highest BCUT2D eigenvalue weighted by molar-refractivity contribution is 6.00. The number of carbonyl (C=O) groups is 1. The van der Waals surface area contributed by atoms with Gasteiger partial charge in [-0.05, 0) is 42.5 Å². The molecule has 0 spiro atoms. The second-order valence-corrected chi connectivity index (χ2v) is 6.50. The molecule has 0 saturated carbocycles. The quantitative estimate of drug-likeness (QED) is 0.554. The van der Waals surface area contributed by atoms with Gasteiger partial charge in [0.05, 0.1) is 25.1 Å². The number of nitrogens with one attached hydrogen (secondary N) is 1. The van der Waals surface area contributed by atoms with Gasteiger partial charge in [-0.25, -0.2) is 4.98 Å². The summed E-state index contributed by atoms with van der Waals surface area (Å²) in [5, 5.41) is 0.398. The average Bonchev–Trinajstić information content (AvgIpc) is 2.80. The van der Waals surface area contributed by atoms with E-state index in [-0.39, 0.29) is 5.56 Å². The van der Waals surface area contributed by atoms with Crippen LogP contribution < -0.4 is 20.5 Å². The van der Waals surface area contributed by atoms with Gasteiger partial charge in [-0.3, -0.25) is 15.0 Å². The molecular weight excluding hydrogens is 382 g/mol. The first-order valence-electron chi connectivity index (χ1n) is 9.22. The van der Waals surface area contributed by atoms with Gasteiger partial charge >= 0.3 is 0 Å². The van der Waals surface area contributed by atoms with Crippen molar-refractivity contribution >= 4 is 16.8 Å². The van der Waals surface area contributed by atoms with Crippen LogP contribution in [0.2, 0.25) is 0 Å². The molecule has 0 unspecified atom stereocenters. The van der Waals surface area contributed by atoms with E-state index in [4.69, 9.17) is 9.47 Å². The van der Waals surface area contributed by atoms with Gasteiger partial charge in [-0.1, -0.05) is 30.3 Å². The van der Waals surface area contributed by atoms with Crippen LogP contribution in [-0.2, 0) is 0 Å². The molecule has 1 N–H and O–H groups in total. The van der Waals surface area contributed by atoms with Crippen molar-refractivity contribution in [2.24, 2.45) is 0 Å². The molecule has 1 heterocycles. The number of amides is 1. The largest absolute Gasteiger partial charge is 0.497 e. The summed E-state index contributed by atoms with van der Waals surface area (Å²) in [6.07, 6.45) is 0. The van der Waals surface area contributed by atoms with E-state index in [1.54, 1.807) is 73.8 Å². The molecule has 30 heavy (non-hydrogen) atoms. The van der Waals surface area contributed by atoms with Crippen LogP contribution in [0.15, 0.2) is 77.6 Å². The minimum Gasteiger partial charge on any atom is -0.497 e. The van der Waals surface area contributed by atoms with E-state index in [9.17, 15) is 9.59 Å². The van der Waals surface area contributed by atoms with Crippen LogP contribution in [0, 0.1) is 0 Å². The molecule has 3 aromatic carbocycles. The van der Waals surface area contributed by atoms with Gasteiger partial charge in [0.1, 0.15) is 11.5 Å². The molecule has 0 aliphatic rings. The summed E-state index contributed by atoms with van der Waals surface area (Å²) in [5.74, 6) is 0.992. The lowest BCUT2D eigenvalue weighted by Gasteiger charge is -2.15. The van der Waals surface area contributed by atoms with Crippen LogP contribution in [0.5, 0.6) is 11.5 Å². The molecule has 150 valence electrons. The molecule has 7 heteroatoms. The van der Waals surface area contributed by atoms with E-state index >= 15 is 0 Å². The van der Waals surface area contributed by atoms with Crippen LogP contribution in [0.4, 0.5) is 0 Å². The highest BCUT2D eigenvalue weighted by Crippen LogP contribution is 2.23. The molecule has 4 aromatic rings. The van der Waals surface area contributed by atoms with E-state index in [0.29, 0.717) is 39.4 Å². The molecule has 0 saturated heterocycles. The zero-order valence-electron chi connectivity index (χ0n) is 16.5. The second-order valence-electron chi connectivity index (χ2n) is 6.50. The topological polar surface area (TPSA) is 82.4 Å². The van der Waals surface area contributed by atoms with Crippen molar-refractivity contribution < 1.29 is 14.3 Å². The maximum atomic E-state index is 13.2. The Labute approximate surface area is 172 Å². The molecule has 0 radical (unpaired) electrons. The highest BCUT2D eigenvalue weighted by atomic mass is 16.5. The Kier molecular flexibility index (Phi) is 5.17. The molecule has 0 aliphatic carbocycles. The molecule has 0 fully saturated rings. The number of hydrogen-bond acceptors (Lipinski definition) is 5. The molecule has 7 nitrogen and oxygen atoms in total. The zero-order chi connectivity index (χ0) is 21.1. The number of rotatable bonds is 5. The fourth-order valence-electron chi connectivity index (χ4n) is 3.12. The summed E-state index contributed by atoms with van der Waals surface area (Å²) in [5.41, 5.74) is 3.82. The standard InChI is InChI=1S/C23H19N3O4/c1-29-17-9-5-7-15(13-17)21-24-20-12-4-3-11-19(20)23(28)26(21)25-22(27)16-8-6-10-18(14-16)30-2/h3-14H,1-2H3,(H,25,27). The third-order valence-electron chi connectivity index (χ3n) is 4.65. The number of para-hydroxylation sites is 1. The molecule has 0 bridgehead atoms. The summed E-state index contributed by atoms with van der Waals surface area (Å²) < 4.78 is 11.6. The maximum absolute atomic E-state index is 13.2. The fraction of sp³-hybridized carbons (Fsp3) is 0.0870. The SMILES string of the molecule is COc1cccc(C(=O)Nn2c(-c3cccc(OC)c3)nc3ccccc3c2=O)c1. The number of benzene rings is 3. The Morgan fingerprint density at radius 1 is 0.900 bits per heavy atom. The minimum atomic E-state index is -0.461. The number of hydrogen-bond donors (Lipinski definition) is 1. The normalized spacial score (nSPS) is 10.6. The van der Waals surface area contributed by atoms with Crippen LogP contribution in [0.1, 0.15) is 10.4 Å². The van der Waals surface area contributed by atoms with Gasteiger partial charge in [-0.2, -0.15) is 4.68 Å². The Morgan fingerprint density at radius 3 is 2.37 bits per heavy atom. The van der Waals surface area contributed by atoms with Gasteiger partial charge < -0.3 is 9.47 Å². The van der Waals surface area contributed by atoms with E-state index in [1.165, 1.54) is 11.8 Å². The summed E-state index contributed by atoms with van der Waals surface area (Å²) in [4.78, 5) is 30.7. The first kappa shape index (κ1) is 19.2. The number of methoxy groups -OCH3 is 2. The minimum absolute atomic E-state index is 0.300. The van der Waals surface area contributed by atoms with Gasteiger partial charge in [0.15, 0.2) is 5.82 Å². The monoisotopic (exact) mass is 401 g/mol. The smallest absolute Gasteiger partial charge is 0.280 e. The lowest BCUT2D eigenvalue weighted by atomic mass is 10.1. The number of ether oxygens (including phenoxy) is 2. The van der Waals surface area contributed by atoms with E-state index in [1.807, 2.05) is 6.07 Å². The molecule has 1 amide bonds. The second kappa shape index (κ2) is 8.08. The first-order valence-corrected chi connectivity index (χ1v) is 9.22. The summed E-state index contributed by atoms with van der Waals surface area (Å²) in [6.45, 7) is 0. The Morgan fingerprint density at radius 2 is 1.60 bits per heavy atom. The van der Waals surface area contributed by atoms with Crippen molar-refractivity contribution in [1.29, 1.82) is 0 Å². The van der Waals surface area contributed by atoms with Crippen molar-refractivity contribution in [3.63, 3.8) is 0 Å². The highest BCUT2D eigenvalue weighted by Gasteiger charge is 2.16. The van der Waals surface area contributed by atoms with Crippen LogP contribution in [0.25, 0.3) is 22.3 Å². The summed E-state index contributed by atoms with van der Waals surface area (Å²) in [6, 6.07) is 20.8. The summed E-state index contributed by atoms with van der Waals surface area (Å²) in [7, 11) is 3.08.